The number of rotatable bonds is 5. The summed E-state index contributed by atoms with van der Waals surface area (Å²) in [4.78, 5) is 0. The van der Waals surface area contributed by atoms with Crippen LogP contribution in [0.1, 0.15) is 12.5 Å². The van der Waals surface area contributed by atoms with Crippen molar-refractivity contribution in [1.82, 2.24) is 0 Å². The fourth-order valence-electron chi connectivity index (χ4n) is 1.74. The number of hydrogen-bond donors (Lipinski definition) is 1. The molecule has 0 fully saturated rings. The summed E-state index contributed by atoms with van der Waals surface area (Å²) in [6.07, 6.45) is 0. The van der Waals surface area contributed by atoms with Gasteiger partial charge < -0.3 is 10.1 Å². The molecule has 3 heteroatoms. The highest BCUT2D eigenvalue weighted by Crippen LogP contribution is 2.20. The van der Waals surface area contributed by atoms with E-state index in [1.165, 1.54) is 0 Å². The summed E-state index contributed by atoms with van der Waals surface area (Å²) >= 11 is 5.94. The van der Waals surface area contributed by atoms with Crippen LogP contribution in [0.15, 0.2) is 48.5 Å². The van der Waals surface area contributed by atoms with Gasteiger partial charge in [-0.2, -0.15) is 0 Å². The third-order valence-electron chi connectivity index (χ3n) is 2.58. The summed E-state index contributed by atoms with van der Waals surface area (Å²) in [7, 11) is 0. The van der Waals surface area contributed by atoms with Crippen molar-refractivity contribution in [1.29, 1.82) is 0 Å². The molecule has 94 valence electrons. The molecule has 0 radical (unpaired) electrons. The van der Waals surface area contributed by atoms with Crippen LogP contribution >= 0.6 is 11.6 Å². The number of anilines is 1. The second-order valence-electron chi connectivity index (χ2n) is 3.90. The molecule has 0 aliphatic heterocycles. The predicted octanol–water partition coefficient (Wildman–Crippen LogP) is 4.35. The van der Waals surface area contributed by atoms with E-state index in [9.17, 15) is 0 Å². The molecule has 0 saturated carbocycles. The van der Waals surface area contributed by atoms with Gasteiger partial charge in [0.15, 0.2) is 0 Å². The van der Waals surface area contributed by atoms with E-state index in [0.29, 0.717) is 6.61 Å². The number of hydrogen-bond acceptors (Lipinski definition) is 2. The van der Waals surface area contributed by atoms with Crippen LogP contribution in [-0.2, 0) is 6.54 Å². The van der Waals surface area contributed by atoms with Gasteiger partial charge in [-0.3, -0.25) is 0 Å². The van der Waals surface area contributed by atoms with Crippen molar-refractivity contribution in [3.8, 4) is 5.75 Å². The molecule has 2 rings (SSSR count). The highest BCUT2D eigenvalue weighted by atomic mass is 35.5. The Bertz CT molecular complexity index is 513. The van der Waals surface area contributed by atoms with Gasteiger partial charge in [-0.15, -0.1) is 0 Å². The maximum absolute atomic E-state index is 5.94. The van der Waals surface area contributed by atoms with E-state index in [2.05, 4.69) is 11.4 Å². The molecular weight excluding hydrogens is 246 g/mol. The van der Waals surface area contributed by atoms with E-state index < -0.39 is 0 Å². The maximum Gasteiger partial charge on any atom is 0.124 e. The molecule has 0 heterocycles. The molecule has 18 heavy (non-hydrogen) atoms. The first-order valence-corrected chi connectivity index (χ1v) is 6.37. The van der Waals surface area contributed by atoms with Crippen LogP contribution in [0, 0.1) is 0 Å². The van der Waals surface area contributed by atoms with Crippen LogP contribution in [0.25, 0.3) is 0 Å². The molecule has 2 aromatic carbocycles. The SMILES string of the molecule is CCOc1ccccc1CNc1cccc(Cl)c1. The lowest BCUT2D eigenvalue weighted by Gasteiger charge is -2.11. The summed E-state index contributed by atoms with van der Waals surface area (Å²) in [6, 6.07) is 15.7. The molecule has 0 atom stereocenters. The Kier molecular flexibility index (Phi) is 4.48. The molecule has 0 amide bonds. The molecule has 0 unspecified atom stereocenters. The lowest BCUT2D eigenvalue weighted by molar-refractivity contribution is 0.337. The van der Waals surface area contributed by atoms with Gasteiger partial charge >= 0.3 is 0 Å². The van der Waals surface area contributed by atoms with E-state index >= 15 is 0 Å². The Labute approximate surface area is 113 Å². The largest absolute Gasteiger partial charge is 0.494 e. The van der Waals surface area contributed by atoms with Gasteiger partial charge in [0.25, 0.3) is 0 Å². The lowest BCUT2D eigenvalue weighted by Crippen LogP contribution is -2.02. The number of para-hydroxylation sites is 1. The number of nitrogens with one attached hydrogen (secondary N) is 1. The lowest BCUT2D eigenvalue weighted by atomic mass is 10.2. The molecule has 0 saturated heterocycles. The van der Waals surface area contributed by atoms with Crippen molar-refractivity contribution in [2.45, 2.75) is 13.5 Å². The summed E-state index contributed by atoms with van der Waals surface area (Å²) in [5.41, 5.74) is 2.15. The smallest absolute Gasteiger partial charge is 0.124 e. The van der Waals surface area contributed by atoms with E-state index in [0.717, 1.165) is 28.6 Å². The van der Waals surface area contributed by atoms with Crippen molar-refractivity contribution in [2.75, 3.05) is 11.9 Å². The molecule has 0 bridgehead atoms. The second kappa shape index (κ2) is 6.31. The van der Waals surface area contributed by atoms with Gasteiger partial charge in [0.2, 0.25) is 0 Å². The molecule has 0 aliphatic carbocycles. The monoisotopic (exact) mass is 261 g/mol. The van der Waals surface area contributed by atoms with E-state index in [4.69, 9.17) is 16.3 Å². The van der Waals surface area contributed by atoms with Crippen LogP contribution in [0.3, 0.4) is 0 Å². The van der Waals surface area contributed by atoms with Crippen LogP contribution < -0.4 is 10.1 Å². The fourth-order valence-corrected chi connectivity index (χ4v) is 1.93. The van der Waals surface area contributed by atoms with Crippen molar-refractivity contribution >= 4 is 17.3 Å². The first-order chi connectivity index (χ1) is 8.79. The summed E-state index contributed by atoms with van der Waals surface area (Å²) in [5.74, 6) is 0.925. The van der Waals surface area contributed by atoms with Crippen LogP contribution in [0.5, 0.6) is 5.75 Å². The minimum absolute atomic E-state index is 0.675. The zero-order valence-electron chi connectivity index (χ0n) is 10.3. The van der Waals surface area contributed by atoms with E-state index in [1.54, 1.807) is 0 Å². The van der Waals surface area contributed by atoms with Gasteiger partial charge in [0.1, 0.15) is 5.75 Å². The van der Waals surface area contributed by atoms with Crippen molar-refractivity contribution in [3.63, 3.8) is 0 Å². The highest BCUT2D eigenvalue weighted by molar-refractivity contribution is 6.30. The third-order valence-corrected chi connectivity index (χ3v) is 2.82. The topological polar surface area (TPSA) is 21.3 Å². The van der Waals surface area contributed by atoms with Crippen LogP contribution in [-0.4, -0.2) is 6.61 Å². The van der Waals surface area contributed by atoms with Gasteiger partial charge in [0, 0.05) is 22.8 Å². The first kappa shape index (κ1) is 12.8. The fraction of sp³-hybridized carbons (Fsp3) is 0.200. The number of ether oxygens (including phenoxy) is 1. The van der Waals surface area contributed by atoms with Crippen molar-refractivity contribution in [2.24, 2.45) is 0 Å². The maximum atomic E-state index is 5.94. The minimum atomic E-state index is 0.675. The zero-order chi connectivity index (χ0) is 12.8. The molecule has 0 aliphatic rings. The molecule has 1 N–H and O–H groups in total. The Hall–Kier alpha value is -1.67. The Morgan fingerprint density at radius 3 is 2.72 bits per heavy atom. The molecule has 0 spiro atoms. The van der Waals surface area contributed by atoms with Crippen LogP contribution in [0.2, 0.25) is 5.02 Å². The average Bonchev–Trinajstić information content (AvgIpc) is 2.38. The third kappa shape index (κ3) is 3.41. The Balaban J connectivity index is 2.06. The molecule has 2 nitrogen and oxygen atoms in total. The standard InChI is InChI=1S/C15H16ClNO/c1-2-18-15-9-4-3-6-12(15)11-17-14-8-5-7-13(16)10-14/h3-10,17H,2,11H2,1H3. The number of halogens is 1. The molecular formula is C15H16ClNO. The van der Waals surface area contributed by atoms with E-state index in [1.807, 2.05) is 49.4 Å². The molecule has 0 aromatic heterocycles. The van der Waals surface area contributed by atoms with E-state index in [-0.39, 0.29) is 0 Å². The Morgan fingerprint density at radius 2 is 1.94 bits per heavy atom. The van der Waals surface area contributed by atoms with Gasteiger partial charge in [0.05, 0.1) is 6.61 Å². The second-order valence-corrected chi connectivity index (χ2v) is 4.34. The van der Waals surface area contributed by atoms with Gasteiger partial charge in [-0.25, -0.2) is 0 Å². The van der Waals surface area contributed by atoms with Gasteiger partial charge in [-0.05, 0) is 31.2 Å². The Morgan fingerprint density at radius 1 is 1.11 bits per heavy atom. The summed E-state index contributed by atoms with van der Waals surface area (Å²) in [6.45, 7) is 3.38. The number of benzene rings is 2. The minimum Gasteiger partial charge on any atom is -0.494 e. The summed E-state index contributed by atoms with van der Waals surface area (Å²) in [5, 5.41) is 4.07. The van der Waals surface area contributed by atoms with Crippen LogP contribution in [0.4, 0.5) is 5.69 Å². The first-order valence-electron chi connectivity index (χ1n) is 5.99. The highest BCUT2D eigenvalue weighted by Gasteiger charge is 2.02. The average molecular weight is 262 g/mol. The quantitative estimate of drug-likeness (QED) is 0.864. The summed E-state index contributed by atoms with van der Waals surface area (Å²) < 4.78 is 5.58. The zero-order valence-corrected chi connectivity index (χ0v) is 11.1. The van der Waals surface area contributed by atoms with Gasteiger partial charge in [-0.1, -0.05) is 35.9 Å². The van der Waals surface area contributed by atoms with Crippen molar-refractivity contribution in [3.05, 3.63) is 59.1 Å². The van der Waals surface area contributed by atoms with Crippen molar-refractivity contribution < 1.29 is 4.74 Å². The predicted molar refractivity (Wildman–Crippen MR) is 76.4 cm³/mol. The molecule has 2 aromatic rings. The normalized spacial score (nSPS) is 10.1.